The maximum Gasteiger partial charge on any atom is 0.270 e. The predicted octanol–water partition coefficient (Wildman–Crippen LogP) is 4.36. The van der Waals surface area contributed by atoms with Crippen LogP contribution in [0.2, 0.25) is 0 Å². The highest BCUT2D eigenvalue weighted by Crippen LogP contribution is 2.30. The molecule has 2 aromatic rings. The number of carbonyl (C=O) groups excluding carboxylic acids is 1. The number of nitrogens with one attached hydrogen (secondary N) is 1. The van der Waals surface area contributed by atoms with Crippen LogP contribution in [0.1, 0.15) is 29.5 Å². The van der Waals surface area contributed by atoms with Crippen LogP contribution in [-0.4, -0.2) is 23.9 Å². The third kappa shape index (κ3) is 4.61. The van der Waals surface area contributed by atoms with Crippen molar-refractivity contribution in [1.29, 1.82) is 5.26 Å². The first kappa shape index (κ1) is 20.1. The van der Waals surface area contributed by atoms with Crippen molar-refractivity contribution >= 4 is 29.0 Å². The van der Waals surface area contributed by atoms with Gasteiger partial charge < -0.3 is 10.2 Å². The Morgan fingerprint density at radius 1 is 1.21 bits per heavy atom. The zero-order chi connectivity index (χ0) is 21.0. The Balaban J connectivity index is 1.96. The molecule has 0 bridgehead atoms. The minimum absolute atomic E-state index is 0.0775. The van der Waals surface area contributed by atoms with Crippen LogP contribution in [0.15, 0.2) is 42.0 Å². The normalized spacial score (nSPS) is 13.8. The Morgan fingerprint density at radius 2 is 1.93 bits per heavy atom. The molecule has 0 aliphatic carbocycles. The van der Waals surface area contributed by atoms with E-state index >= 15 is 0 Å². The van der Waals surface area contributed by atoms with Crippen molar-refractivity contribution in [3.8, 4) is 6.07 Å². The number of anilines is 2. The Bertz CT molecular complexity index is 1030. The summed E-state index contributed by atoms with van der Waals surface area (Å²) in [7, 11) is 0. The smallest absolute Gasteiger partial charge is 0.270 e. The van der Waals surface area contributed by atoms with Gasteiger partial charge in [0.1, 0.15) is 11.6 Å². The molecule has 1 aliphatic heterocycles. The average Bonchev–Trinajstić information content (AvgIpc) is 3.22. The molecule has 2 aromatic carbocycles. The highest BCUT2D eigenvalue weighted by Gasteiger charge is 2.19. The fourth-order valence-corrected chi connectivity index (χ4v) is 3.46. The molecular weight excluding hydrogens is 368 g/mol. The third-order valence-electron chi connectivity index (χ3n) is 4.96. The molecule has 1 heterocycles. The van der Waals surface area contributed by atoms with E-state index in [1.165, 1.54) is 18.2 Å². The Kier molecular flexibility index (Phi) is 5.93. The predicted molar refractivity (Wildman–Crippen MR) is 113 cm³/mol. The van der Waals surface area contributed by atoms with Gasteiger partial charge in [-0.15, -0.1) is 0 Å². The first-order valence-electron chi connectivity index (χ1n) is 9.43. The lowest BCUT2D eigenvalue weighted by Gasteiger charge is -2.20. The number of nitro groups is 1. The molecule has 0 saturated carbocycles. The molecule has 1 fully saturated rings. The van der Waals surface area contributed by atoms with Gasteiger partial charge in [0.25, 0.3) is 11.6 Å². The molecule has 3 rings (SSSR count). The van der Waals surface area contributed by atoms with Gasteiger partial charge in [-0.05, 0) is 50.5 Å². The second-order valence-corrected chi connectivity index (χ2v) is 7.14. The Morgan fingerprint density at radius 3 is 2.55 bits per heavy atom. The van der Waals surface area contributed by atoms with Gasteiger partial charge in [0.05, 0.1) is 4.92 Å². The van der Waals surface area contributed by atoms with Gasteiger partial charge in [0.15, 0.2) is 0 Å². The van der Waals surface area contributed by atoms with Crippen molar-refractivity contribution in [2.45, 2.75) is 26.7 Å². The van der Waals surface area contributed by atoms with Crippen molar-refractivity contribution in [1.82, 2.24) is 0 Å². The van der Waals surface area contributed by atoms with E-state index < -0.39 is 10.8 Å². The second-order valence-electron chi connectivity index (χ2n) is 7.14. The summed E-state index contributed by atoms with van der Waals surface area (Å²) in [5, 5.41) is 23.5. The quantitative estimate of drug-likeness (QED) is 0.354. The molecule has 1 saturated heterocycles. The molecule has 1 aliphatic rings. The van der Waals surface area contributed by atoms with Crippen LogP contribution in [0.3, 0.4) is 0 Å². The number of rotatable bonds is 5. The van der Waals surface area contributed by atoms with E-state index in [2.05, 4.69) is 10.2 Å². The van der Waals surface area contributed by atoms with E-state index in [1.54, 1.807) is 12.1 Å². The van der Waals surface area contributed by atoms with Gasteiger partial charge in [-0.3, -0.25) is 14.9 Å². The van der Waals surface area contributed by atoms with Crippen molar-refractivity contribution in [3.05, 3.63) is 68.8 Å². The Hall–Kier alpha value is -3.66. The minimum Gasteiger partial charge on any atom is -0.371 e. The van der Waals surface area contributed by atoms with E-state index in [0.717, 1.165) is 42.7 Å². The van der Waals surface area contributed by atoms with Crippen LogP contribution >= 0.6 is 0 Å². The first-order valence-corrected chi connectivity index (χ1v) is 9.43. The van der Waals surface area contributed by atoms with Crippen molar-refractivity contribution in [3.63, 3.8) is 0 Å². The van der Waals surface area contributed by atoms with Gasteiger partial charge in [0.2, 0.25) is 0 Å². The van der Waals surface area contributed by atoms with Gasteiger partial charge in [-0.2, -0.15) is 5.26 Å². The number of nitro benzene ring substituents is 1. The van der Waals surface area contributed by atoms with Crippen LogP contribution in [0.4, 0.5) is 17.1 Å². The molecule has 29 heavy (non-hydrogen) atoms. The zero-order valence-electron chi connectivity index (χ0n) is 16.4. The molecule has 1 amide bonds. The van der Waals surface area contributed by atoms with Crippen LogP contribution in [-0.2, 0) is 4.79 Å². The lowest BCUT2D eigenvalue weighted by Crippen LogP contribution is -2.19. The summed E-state index contributed by atoms with van der Waals surface area (Å²) in [5.74, 6) is -0.543. The van der Waals surface area contributed by atoms with Crippen molar-refractivity contribution in [2.75, 3.05) is 23.3 Å². The van der Waals surface area contributed by atoms with Crippen LogP contribution in [0.25, 0.3) is 6.08 Å². The lowest BCUT2D eigenvalue weighted by molar-refractivity contribution is -0.384. The number of aryl methyl sites for hydroxylation is 2. The number of hydrogen-bond acceptors (Lipinski definition) is 5. The summed E-state index contributed by atoms with van der Waals surface area (Å²) in [6.07, 6.45) is 3.51. The van der Waals surface area contributed by atoms with Gasteiger partial charge in [-0.1, -0.05) is 17.7 Å². The van der Waals surface area contributed by atoms with Crippen LogP contribution < -0.4 is 10.2 Å². The van der Waals surface area contributed by atoms with Crippen molar-refractivity contribution < 1.29 is 9.72 Å². The first-order chi connectivity index (χ1) is 13.9. The summed E-state index contributed by atoms with van der Waals surface area (Å²) in [5.41, 5.74) is 3.69. The lowest BCUT2D eigenvalue weighted by atomic mass is 10.1. The monoisotopic (exact) mass is 390 g/mol. The van der Waals surface area contributed by atoms with E-state index in [9.17, 15) is 20.2 Å². The molecule has 7 heteroatoms. The van der Waals surface area contributed by atoms with Gasteiger partial charge >= 0.3 is 0 Å². The molecular formula is C22H22N4O3. The fourth-order valence-electron chi connectivity index (χ4n) is 3.46. The van der Waals surface area contributed by atoms with Crippen molar-refractivity contribution in [2.24, 2.45) is 0 Å². The number of carbonyl (C=O) groups is 1. The topological polar surface area (TPSA) is 99.3 Å². The largest absolute Gasteiger partial charge is 0.371 e. The van der Waals surface area contributed by atoms with E-state index in [1.807, 2.05) is 32.0 Å². The summed E-state index contributed by atoms with van der Waals surface area (Å²) < 4.78 is 0. The standard InChI is InChI=1S/C22H22N4O3/c1-15-5-7-20(16(2)11-15)24-22(27)18(14-23)12-17-13-19(26(28)29)6-8-21(17)25-9-3-4-10-25/h5-8,11-13H,3-4,9-10H2,1-2H3,(H,24,27)/b18-12+. The number of nitrogens with zero attached hydrogens (tertiary/aromatic N) is 3. The van der Waals surface area contributed by atoms with Gasteiger partial charge in [-0.25, -0.2) is 0 Å². The Labute approximate surface area is 169 Å². The average molecular weight is 390 g/mol. The van der Waals surface area contributed by atoms with Gasteiger partial charge in [0, 0.05) is 42.2 Å². The second kappa shape index (κ2) is 8.57. The molecule has 0 atom stereocenters. The summed E-state index contributed by atoms with van der Waals surface area (Å²) in [4.78, 5) is 25.5. The maximum atomic E-state index is 12.7. The minimum atomic E-state index is -0.543. The maximum absolute atomic E-state index is 12.7. The molecule has 1 N–H and O–H groups in total. The molecule has 7 nitrogen and oxygen atoms in total. The molecule has 0 unspecified atom stereocenters. The number of non-ortho nitro benzene ring substituents is 1. The third-order valence-corrected chi connectivity index (χ3v) is 4.96. The summed E-state index contributed by atoms with van der Waals surface area (Å²) in [6.45, 7) is 5.52. The summed E-state index contributed by atoms with van der Waals surface area (Å²) in [6, 6.07) is 12.1. The number of benzene rings is 2. The van der Waals surface area contributed by atoms with E-state index in [0.29, 0.717) is 11.3 Å². The number of hydrogen-bond donors (Lipinski definition) is 1. The number of nitriles is 1. The zero-order valence-corrected chi connectivity index (χ0v) is 16.4. The highest BCUT2D eigenvalue weighted by molar-refractivity contribution is 6.10. The molecule has 0 radical (unpaired) electrons. The fraction of sp³-hybridized carbons (Fsp3) is 0.273. The number of amides is 1. The van der Waals surface area contributed by atoms with Crippen LogP contribution in [0.5, 0.6) is 0 Å². The molecule has 0 aromatic heterocycles. The SMILES string of the molecule is Cc1ccc(NC(=O)/C(C#N)=C/c2cc([N+](=O)[O-])ccc2N2CCCC2)c(C)c1. The molecule has 0 spiro atoms. The van der Waals surface area contributed by atoms with E-state index in [-0.39, 0.29) is 11.3 Å². The summed E-state index contributed by atoms with van der Waals surface area (Å²) >= 11 is 0. The molecule has 148 valence electrons. The van der Waals surface area contributed by atoms with E-state index in [4.69, 9.17) is 0 Å². The highest BCUT2D eigenvalue weighted by atomic mass is 16.6. The van der Waals surface area contributed by atoms with Crippen LogP contribution in [0, 0.1) is 35.3 Å².